The Morgan fingerprint density at radius 1 is 0.913 bits per heavy atom. The smallest absolute Gasteiger partial charge is 0.201 e. The highest BCUT2D eigenvalue weighted by atomic mass is 14.9. The maximum atomic E-state index is 9.00. The SMILES string of the molecule is [2H]c1c(-c2cccc[n+]2C)c(C)cc2c1-c1ccccc1C2(C)C. The molecule has 0 spiro atoms. The molecule has 0 saturated heterocycles. The van der Waals surface area contributed by atoms with Gasteiger partial charge in [-0.15, -0.1) is 0 Å². The van der Waals surface area contributed by atoms with E-state index in [1.165, 1.54) is 22.3 Å². The van der Waals surface area contributed by atoms with E-state index in [4.69, 9.17) is 1.37 Å². The molecular weight excluding hydrogens is 278 g/mol. The van der Waals surface area contributed by atoms with Gasteiger partial charge in [0.15, 0.2) is 6.20 Å². The molecule has 1 nitrogen and oxygen atoms in total. The number of hydrogen-bond acceptors (Lipinski definition) is 0. The normalized spacial score (nSPS) is 15.0. The summed E-state index contributed by atoms with van der Waals surface area (Å²) in [6, 6.07) is 17.6. The molecule has 1 aliphatic carbocycles. The number of aromatic nitrogens is 1. The molecule has 0 atom stereocenters. The highest BCUT2D eigenvalue weighted by Crippen LogP contribution is 2.49. The van der Waals surface area contributed by atoms with E-state index in [1.807, 2.05) is 25.4 Å². The third-order valence-electron chi connectivity index (χ3n) is 5.13. The second kappa shape index (κ2) is 4.79. The van der Waals surface area contributed by atoms with Crippen molar-refractivity contribution in [2.75, 3.05) is 0 Å². The van der Waals surface area contributed by atoms with Gasteiger partial charge < -0.3 is 0 Å². The van der Waals surface area contributed by atoms with Crippen LogP contribution in [0.5, 0.6) is 0 Å². The van der Waals surface area contributed by atoms with Gasteiger partial charge in [0.1, 0.15) is 7.05 Å². The van der Waals surface area contributed by atoms with E-state index in [1.54, 1.807) is 0 Å². The molecule has 0 aliphatic heterocycles. The lowest BCUT2D eigenvalue weighted by molar-refractivity contribution is -0.660. The van der Waals surface area contributed by atoms with E-state index in [9.17, 15) is 0 Å². The Hall–Kier alpha value is -2.41. The molecule has 2 aromatic carbocycles. The first-order valence-corrected chi connectivity index (χ1v) is 8.12. The third-order valence-corrected chi connectivity index (χ3v) is 5.13. The van der Waals surface area contributed by atoms with E-state index >= 15 is 0 Å². The van der Waals surface area contributed by atoms with Crippen molar-refractivity contribution in [3.8, 4) is 22.4 Å². The largest absolute Gasteiger partial charge is 0.212 e. The van der Waals surface area contributed by atoms with Gasteiger partial charge in [0.05, 0.1) is 1.37 Å². The molecule has 0 fully saturated rings. The zero-order valence-electron chi connectivity index (χ0n) is 15.1. The van der Waals surface area contributed by atoms with Crippen LogP contribution in [0.4, 0.5) is 0 Å². The van der Waals surface area contributed by atoms with E-state index in [0.717, 1.165) is 16.8 Å². The fourth-order valence-corrected chi connectivity index (χ4v) is 3.80. The van der Waals surface area contributed by atoms with Crippen LogP contribution in [0.1, 0.15) is 31.9 Å². The van der Waals surface area contributed by atoms with Gasteiger partial charge in [0, 0.05) is 23.1 Å². The summed E-state index contributed by atoms with van der Waals surface area (Å²) >= 11 is 0. The van der Waals surface area contributed by atoms with Crippen LogP contribution < -0.4 is 4.57 Å². The van der Waals surface area contributed by atoms with E-state index < -0.39 is 0 Å². The van der Waals surface area contributed by atoms with Crippen molar-refractivity contribution in [1.29, 1.82) is 0 Å². The number of aryl methyl sites for hydroxylation is 2. The van der Waals surface area contributed by atoms with Gasteiger partial charge in [-0.25, -0.2) is 4.57 Å². The molecule has 0 bridgehead atoms. The van der Waals surface area contributed by atoms with Gasteiger partial charge in [0.2, 0.25) is 5.69 Å². The van der Waals surface area contributed by atoms with Gasteiger partial charge in [0.25, 0.3) is 0 Å². The molecule has 1 aliphatic rings. The molecule has 3 aromatic rings. The predicted octanol–water partition coefficient (Wildman–Crippen LogP) is 4.79. The number of nitrogens with zero attached hydrogens (tertiary/aromatic N) is 1. The molecule has 1 heteroatoms. The van der Waals surface area contributed by atoms with Crippen LogP contribution in [0, 0.1) is 6.92 Å². The lowest BCUT2D eigenvalue weighted by Gasteiger charge is -2.22. The molecule has 1 heterocycles. The first kappa shape index (κ1) is 13.1. The van der Waals surface area contributed by atoms with Crippen LogP contribution in [0.2, 0.25) is 0 Å². The second-order valence-corrected chi connectivity index (χ2v) is 6.98. The molecule has 0 radical (unpaired) electrons. The molecule has 0 N–H and O–H groups in total. The van der Waals surface area contributed by atoms with Crippen LogP contribution in [0.15, 0.2) is 60.8 Å². The zero-order chi connectivity index (χ0) is 17.1. The fourth-order valence-electron chi connectivity index (χ4n) is 3.80. The molecule has 0 saturated carbocycles. The Balaban J connectivity index is 2.10. The maximum absolute atomic E-state index is 9.00. The van der Waals surface area contributed by atoms with Crippen molar-refractivity contribution in [2.45, 2.75) is 26.2 Å². The summed E-state index contributed by atoms with van der Waals surface area (Å²) in [4.78, 5) is 0. The summed E-state index contributed by atoms with van der Waals surface area (Å²) < 4.78 is 11.1. The summed E-state index contributed by atoms with van der Waals surface area (Å²) in [5.41, 5.74) is 8.14. The van der Waals surface area contributed by atoms with Gasteiger partial charge in [-0.2, -0.15) is 0 Å². The van der Waals surface area contributed by atoms with Crippen molar-refractivity contribution in [1.82, 2.24) is 0 Å². The summed E-state index contributed by atoms with van der Waals surface area (Å²) in [7, 11) is 2.04. The number of benzene rings is 2. The summed E-state index contributed by atoms with van der Waals surface area (Å²) in [5.74, 6) is 0. The lowest BCUT2D eigenvalue weighted by Crippen LogP contribution is -2.30. The van der Waals surface area contributed by atoms with Crippen LogP contribution in [-0.2, 0) is 12.5 Å². The fraction of sp³-hybridized carbons (Fsp3) is 0.227. The monoisotopic (exact) mass is 301 g/mol. The minimum Gasteiger partial charge on any atom is -0.201 e. The van der Waals surface area contributed by atoms with E-state index in [-0.39, 0.29) is 5.41 Å². The number of hydrogen-bond donors (Lipinski definition) is 0. The molecular formula is C22H22N+. The number of rotatable bonds is 1. The van der Waals surface area contributed by atoms with Crippen molar-refractivity contribution in [3.63, 3.8) is 0 Å². The zero-order valence-corrected chi connectivity index (χ0v) is 14.1. The molecule has 114 valence electrons. The minimum atomic E-state index is -0.0517. The third kappa shape index (κ3) is 1.96. The first-order valence-electron chi connectivity index (χ1n) is 8.62. The average Bonchev–Trinajstić information content (AvgIpc) is 2.78. The van der Waals surface area contributed by atoms with Gasteiger partial charge in [-0.1, -0.05) is 44.2 Å². The van der Waals surface area contributed by atoms with Crippen molar-refractivity contribution >= 4 is 0 Å². The molecule has 1 aromatic heterocycles. The number of fused-ring (bicyclic) bond motifs is 3. The molecule has 0 amide bonds. The molecule has 4 rings (SSSR count). The molecule has 23 heavy (non-hydrogen) atoms. The Kier molecular flexibility index (Phi) is 2.72. The lowest BCUT2D eigenvalue weighted by atomic mass is 9.81. The number of pyridine rings is 1. The Morgan fingerprint density at radius 2 is 1.65 bits per heavy atom. The predicted molar refractivity (Wildman–Crippen MR) is 95.4 cm³/mol. The van der Waals surface area contributed by atoms with Gasteiger partial charge in [-0.05, 0) is 46.8 Å². The minimum absolute atomic E-state index is 0.0517. The van der Waals surface area contributed by atoms with Crippen LogP contribution in [0.25, 0.3) is 22.4 Å². The van der Waals surface area contributed by atoms with E-state index in [0.29, 0.717) is 6.04 Å². The highest BCUT2D eigenvalue weighted by molar-refractivity contribution is 5.84. The maximum Gasteiger partial charge on any atom is 0.212 e. The molecule has 0 unspecified atom stereocenters. The van der Waals surface area contributed by atoms with Crippen molar-refractivity contribution in [2.24, 2.45) is 7.05 Å². The summed E-state index contributed by atoms with van der Waals surface area (Å²) in [5, 5.41) is 0. The summed E-state index contributed by atoms with van der Waals surface area (Å²) in [6.07, 6.45) is 2.04. The van der Waals surface area contributed by atoms with Crippen LogP contribution >= 0.6 is 0 Å². The van der Waals surface area contributed by atoms with Crippen molar-refractivity contribution < 1.29 is 5.94 Å². The second-order valence-electron chi connectivity index (χ2n) is 6.98. The first-order chi connectivity index (χ1) is 11.4. The quantitative estimate of drug-likeness (QED) is 0.569. The Morgan fingerprint density at radius 3 is 2.43 bits per heavy atom. The topological polar surface area (TPSA) is 3.88 Å². The van der Waals surface area contributed by atoms with E-state index in [2.05, 4.69) is 61.7 Å². The highest BCUT2D eigenvalue weighted by Gasteiger charge is 2.36. The Labute approximate surface area is 139 Å². The van der Waals surface area contributed by atoms with Crippen LogP contribution in [0.3, 0.4) is 0 Å². The summed E-state index contributed by atoms with van der Waals surface area (Å²) in [6.45, 7) is 6.65. The van der Waals surface area contributed by atoms with Gasteiger partial charge >= 0.3 is 0 Å². The standard InChI is InChI=1S/C22H22N/c1-15-13-20-18(14-17(15)21-11-7-8-12-23(21)4)16-9-5-6-10-19(16)22(20,2)3/h5-14H,1-4H3/q+1/i14D. The van der Waals surface area contributed by atoms with Crippen LogP contribution in [-0.4, -0.2) is 0 Å². The van der Waals surface area contributed by atoms with Crippen molar-refractivity contribution in [3.05, 3.63) is 77.5 Å². The average molecular weight is 301 g/mol. The Bertz CT molecular complexity index is 970. The van der Waals surface area contributed by atoms with Gasteiger partial charge in [-0.3, -0.25) is 0 Å².